The number of methoxy groups -OCH3 is 1. The first-order valence-corrected chi connectivity index (χ1v) is 13.6. The number of ether oxygens (including phenoxy) is 1. The Balaban J connectivity index is 1.32. The number of fused-ring (bicyclic) bond motifs is 1. The minimum absolute atomic E-state index is 0.147. The Morgan fingerprint density at radius 3 is 3.00 bits per heavy atom. The molecule has 3 heterocycles. The van der Waals surface area contributed by atoms with Gasteiger partial charge in [0.2, 0.25) is 0 Å². The molecule has 34 heavy (non-hydrogen) atoms. The monoisotopic (exact) mass is 522 g/mol. The van der Waals surface area contributed by atoms with Crippen molar-refractivity contribution >= 4 is 51.6 Å². The maximum absolute atomic E-state index is 13.1. The minimum atomic E-state index is -0.722. The number of aromatic nitrogens is 1. The quantitative estimate of drug-likeness (QED) is 0.318. The van der Waals surface area contributed by atoms with Crippen LogP contribution in [0.1, 0.15) is 24.8 Å². The van der Waals surface area contributed by atoms with Crippen LogP contribution < -0.4 is 4.74 Å². The van der Waals surface area contributed by atoms with E-state index in [0.29, 0.717) is 11.6 Å². The summed E-state index contributed by atoms with van der Waals surface area (Å²) >= 11 is 9.52. The molecule has 0 bridgehead atoms. The van der Waals surface area contributed by atoms with Gasteiger partial charge in [0.1, 0.15) is 11.6 Å². The second kappa shape index (κ2) is 11.7. The first-order chi connectivity index (χ1) is 16.4. The van der Waals surface area contributed by atoms with Gasteiger partial charge in [0.15, 0.2) is 0 Å². The molecule has 5 nitrogen and oxygen atoms in total. The van der Waals surface area contributed by atoms with Gasteiger partial charge in [0, 0.05) is 35.8 Å². The van der Waals surface area contributed by atoms with Crippen LogP contribution in [0.3, 0.4) is 0 Å². The zero-order valence-corrected chi connectivity index (χ0v) is 21.4. The van der Waals surface area contributed by atoms with Crippen molar-refractivity contribution in [3.05, 3.63) is 52.2 Å². The summed E-state index contributed by atoms with van der Waals surface area (Å²) in [5, 5.41) is 13.0. The number of carboxylic acid groups (broad SMARTS) is 1. The van der Waals surface area contributed by atoms with Crippen LogP contribution in [0.2, 0.25) is 5.02 Å². The highest BCUT2D eigenvalue weighted by molar-refractivity contribution is 8.01. The fourth-order valence-electron chi connectivity index (χ4n) is 4.67. The van der Waals surface area contributed by atoms with Gasteiger partial charge < -0.3 is 14.7 Å². The van der Waals surface area contributed by atoms with Crippen molar-refractivity contribution in [3.8, 4) is 5.75 Å². The summed E-state index contributed by atoms with van der Waals surface area (Å²) in [7, 11) is 1.64. The van der Waals surface area contributed by atoms with E-state index >= 15 is 0 Å². The number of piperidine rings is 1. The van der Waals surface area contributed by atoms with Gasteiger partial charge in [-0.3, -0.25) is 9.78 Å². The number of likely N-dealkylation sites (tertiary alicyclic amines) is 1. The average molecular weight is 523 g/mol. The molecule has 2 atom stereocenters. The van der Waals surface area contributed by atoms with Crippen molar-refractivity contribution in [1.29, 1.82) is 0 Å². The lowest BCUT2D eigenvalue weighted by molar-refractivity contribution is -0.146. The number of rotatable bonds is 10. The van der Waals surface area contributed by atoms with Crippen LogP contribution in [0.5, 0.6) is 5.75 Å². The van der Waals surface area contributed by atoms with Crippen LogP contribution in [0, 0.1) is 17.7 Å². The predicted octanol–water partition coefficient (Wildman–Crippen LogP) is 6.24. The molecule has 0 saturated carbocycles. The molecule has 0 radical (unpaired) electrons. The number of aliphatic carboxylic acids is 1. The summed E-state index contributed by atoms with van der Waals surface area (Å²) in [6.45, 7) is 2.26. The third-order valence-electron chi connectivity index (χ3n) is 6.49. The Labute approximate surface area is 212 Å². The van der Waals surface area contributed by atoms with E-state index in [4.69, 9.17) is 16.3 Å². The molecular formula is C25H28ClFN2O3S2. The average Bonchev–Trinajstić information content (AvgIpc) is 3.25. The van der Waals surface area contributed by atoms with Gasteiger partial charge in [-0.05, 0) is 68.0 Å². The van der Waals surface area contributed by atoms with E-state index in [0.717, 1.165) is 71.0 Å². The molecule has 1 saturated heterocycles. The molecule has 2 aromatic heterocycles. The first kappa shape index (κ1) is 25.2. The lowest BCUT2D eigenvalue weighted by Gasteiger charge is -2.36. The Bertz CT molecular complexity index is 1140. The Kier molecular flexibility index (Phi) is 8.69. The van der Waals surface area contributed by atoms with E-state index < -0.39 is 5.97 Å². The number of thioether (sulfide) groups is 1. The van der Waals surface area contributed by atoms with E-state index in [9.17, 15) is 14.3 Å². The van der Waals surface area contributed by atoms with E-state index in [1.165, 1.54) is 16.7 Å². The van der Waals surface area contributed by atoms with Crippen molar-refractivity contribution in [2.75, 3.05) is 32.5 Å². The number of hydrogen-bond acceptors (Lipinski definition) is 6. The van der Waals surface area contributed by atoms with Gasteiger partial charge in [-0.25, -0.2) is 4.39 Å². The van der Waals surface area contributed by atoms with Crippen LogP contribution in [0.4, 0.5) is 4.39 Å². The second-order valence-electron chi connectivity index (χ2n) is 8.59. The lowest BCUT2D eigenvalue weighted by Crippen LogP contribution is -2.44. The molecule has 1 aliphatic heterocycles. The number of hydrogen-bond donors (Lipinski definition) is 1. The SMILES string of the molecule is COc1ccc2ncc(Cl)c(CCC[C@H]3CCN(CCSc4cc(F)cs4)C[C@H]3C(=O)O)c2c1. The topological polar surface area (TPSA) is 62.7 Å². The molecule has 9 heteroatoms. The third-order valence-corrected chi connectivity index (χ3v) is 8.94. The summed E-state index contributed by atoms with van der Waals surface area (Å²) in [5.74, 6) is 0.447. The number of benzene rings is 1. The number of halogens is 2. The highest BCUT2D eigenvalue weighted by atomic mass is 35.5. The molecule has 1 aliphatic rings. The normalized spacial score (nSPS) is 18.9. The molecule has 0 unspecified atom stereocenters. The highest BCUT2D eigenvalue weighted by Crippen LogP contribution is 2.33. The largest absolute Gasteiger partial charge is 0.497 e. The van der Waals surface area contributed by atoms with E-state index in [1.807, 2.05) is 18.2 Å². The molecule has 1 fully saturated rings. The fourth-order valence-corrected chi connectivity index (χ4v) is 6.80. The van der Waals surface area contributed by atoms with Gasteiger partial charge in [-0.1, -0.05) is 11.6 Å². The Morgan fingerprint density at radius 1 is 1.41 bits per heavy atom. The van der Waals surface area contributed by atoms with Gasteiger partial charge >= 0.3 is 5.97 Å². The molecule has 3 aromatic rings. The number of pyridine rings is 1. The zero-order chi connectivity index (χ0) is 24.1. The second-order valence-corrected chi connectivity index (χ2v) is 11.3. The molecule has 4 rings (SSSR count). The fraction of sp³-hybridized carbons (Fsp3) is 0.440. The molecule has 0 amide bonds. The molecular weight excluding hydrogens is 495 g/mol. The van der Waals surface area contributed by atoms with Crippen molar-refractivity contribution in [2.24, 2.45) is 11.8 Å². The van der Waals surface area contributed by atoms with Crippen LogP contribution in [-0.2, 0) is 11.2 Å². The lowest BCUT2D eigenvalue weighted by atomic mass is 9.81. The predicted molar refractivity (Wildman–Crippen MR) is 137 cm³/mol. The smallest absolute Gasteiger partial charge is 0.308 e. The Hall–Kier alpha value is -1.87. The van der Waals surface area contributed by atoms with E-state index in [2.05, 4.69) is 9.88 Å². The summed E-state index contributed by atoms with van der Waals surface area (Å²) in [5.41, 5.74) is 1.91. The van der Waals surface area contributed by atoms with E-state index in [-0.39, 0.29) is 17.7 Å². The molecule has 0 spiro atoms. The van der Waals surface area contributed by atoms with Crippen LogP contribution in [0.15, 0.2) is 40.1 Å². The van der Waals surface area contributed by atoms with E-state index in [1.54, 1.807) is 31.1 Å². The molecule has 0 aliphatic carbocycles. The zero-order valence-electron chi connectivity index (χ0n) is 19.0. The van der Waals surface area contributed by atoms with Crippen molar-refractivity contribution in [3.63, 3.8) is 0 Å². The van der Waals surface area contributed by atoms with Gasteiger partial charge in [0.25, 0.3) is 0 Å². The number of thiophene rings is 1. The molecule has 182 valence electrons. The third kappa shape index (κ3) is 6.22. The summed E-state index contributed by atoms with van der Waals surface area (Å²) in [4.78, 5) is 18.7. The van der Waals surface area contributed by atoms with Crippen LogP contribution in [-0.4, -0.2) is 53.5 Å². The Morgan fingerprint density at radius 2 is 2.26 bits per heavy atom. The highest BCUT2D eigenvalue weighted by Gasteiger charge is 2.33. The molecule has 1 N–H and O–H groups in total. The van der Waals surface area contributed by atoms with Crippen molar-refractivity contribution in [2.45, 2.75) is 29.9 Å². The van der Waals surface area contributed by atoms with Gasteiger partial charge in [-0.15, -0.1) is 23.1 Å². The number of carbonyl (C=O) groups is 1. The minimum Gasteiger partial charge on any atom is -0.497 e. The maximum Gasteiger partial charge on any atom is 0.308 e. The molecule has 1 aromatic carbocycles. The van der Waals surface area contributed by atoms with Crippen LogP contribution in [0.25, 0.3) is 10.9 Å². The first-order valence-electron chi connectivity index (χ1n) is 11.4. The van der Waals surface area contributed by atoms with Crippen LogP contribution >= 0.6 is 34.7 Å². The number of nitrogens with zero attached hydrogens (tertiary/aromatic N) is 2. The summed E-state index contributed by atoms with van der Waals surface area (Å²) in [6.07, 6.45) is 5.04. The van der Waals surface area contributed by atoms with Gasteiger partial charge in [-0.2, -0.15) is 0 Å². The standard InChI is InChI=1S/C25H28ClFN2O3S2/c1-32-18-5-6-23-20(12-18)19(22(26)13-28-23)4-2-3-16-7-8-29(14-21(16)25(30)31)9-10-33-24-11-17(27)15-34-24/h5-6,11-13,15-16,21H,2-4,7-10,14H2,1H3,(H,30,31)/t16-,21+/m0/s1. The summed E-state index contributed by atoms with van der Waals surface area (Å²) < 4.78 is 19.5. The van der Waals surface area contributed by atoms with Gasteiger partial charge in [0.05, 0.1) is 27.8 Å². The number of aryl methyl sites for hydroxylation is 1. The van der Waals surface area contributed by atoms with Crippen molar-refractivity contribution in [1.82, 2.24) is 9.88 Å². The van der Waals surface area contributed by atoms with Crippen molar-refractivity contribution < 1.29 is 19.0 Å². The summed E-state index contributed by atoms with van der Waals surface area (Å²) in [6, 6.07) is 7.33. The maximum atomic E-state index is 13.1. The number of carboxylic acids is 1.